The average molecular weight is 328 g/mol. The number of nitrogens with zero attached hydrogens (tertiary/aromatic N) is 4. The van der Waals surface area contributed by atoms with Crippen molar-refractivity contribution in [3.63, 3.8) is 0 Å². The zero-order chi connectivity index (χ0) is 16.9. The number of anilines is 2. The molecule has 0 atom stereocenters. The van der Waals surface area contributed by atoms with Crippen LogP contribution in [0.1, 0.15) is 5.56 Å². The van der Waals surface area contributed by atoms with Crippen molar-refractivity contribution in [1.29, 1.82) is 0 Å². The fourth-order valence-electron chi connectivity index (χ4n) is 2.31. The Labute approximate surface area is 139 Å². The Bertz CT molecular complexity index is 815. The number of rotatable bonds is 7. The van der Waals surface area contributed by atoms with E-state index < -0.39 is 0 Å². The van der Waals surface area contributed by atoms with Crippen molar-refractivity contribution in [3.05, 3.63) is 36.2 Å². The van der Waals surface area contributed by atoms with Gasteiger partial charge in [0, 0.05) is 20.1 Å². The molecule has 2 aromatic heterocycles. The smallest absolute Gasteiger partial charge is 0.226 e. The van der Waals surface area contributed by atoms with E-state index in [9.17, 15) is 0 Å². The molecule has 0 amide bonds. The van der Waals surface area contributed by atoms with Gasteiger partial charge in [0.15, 0.2) is 17.0 Å². The fraction of sp³-hybridized carbons (Fsp3) is 0.312. The summed E-state index contributed by atoms with van der Waals surface area (Å²) in [6.45, 7) is 1.01. The van der Waals surface area contributed by atoms with Crippen LogP contribution < -0.4 is 15.4 Å². The molecule has 3 N–H and O–H groups in total. The van der Waals surface area contributed by atoms with Crippen molar-refractivity contribution in [1.82, 2.24) is 19.5 Å². The van der Waals surface area contributed by atoms with Gasteiger partial charge in [-0.2, -0.15) is 9.97 Å². The quantitative estimate of drug-likeness (QED) is 0.603. The van der Waals surface area contributed by atoms with Gasteiger partial charge in [0.2, 0.25) is 5.95 Å². The Morgan fingerprint density at radius 3 is 2.67 bits per heavy atom. The summed E-state index contributed by atoms with van der Waals surface area (Å²) in [5.74, 6) is 1.93. The van der Waals surface area contributed by atoms with E-state index in [2.05, 4.69) is 25.6 Å². The molecule has 126 valence electrons. The van der Waals surface area contributed by atoms with Gasteiger partial charge in [-0.05, 0) is 17.7 Å². The predicted molar refractivity (Wildman–Crippen MR) is 92.2 cm³/mol. The molecule has 0 saturated heterocycles. The van der Waals surface area contributed by atoms with Crippen LogP contribution in [0.15, 0.2) is 30.6 Å². The normalized spacial score (nSPS) is 10.8. The van der Waals surface area contributed by atoms with Crippen molar-refractivity contribution >= 4 is 22.9 Å². The third kappa shape index (κ3) is 3.38. The molecule has 0 aliphatic heterocycles. The molecule has 24 heavy (non-hydrogen) atoms. The SMILES string of the molecule is COc1ccc(CNc2nc(NCCO)nc3c2ncn3C)cc1. The van der Waals surface area contributed by atoms with Crippen molar-refractivity contribution in [2.24, 2.45) is 7.05 Å². The van der Waals surface area contributed by atoms with Crippen LogP contribution in [0.3, 0.4) is 0 Å². The Balaban J connectivity index is 1.83. The van der Waals surface area contributed by atoms with Crippen LogP contribution in [0.5, 0.6) is 5.75 Å². The summed E-state index contributed by atoms with van der Waals surface area (Å²) in [5.41, 5.74) is 2.53. The largest absolute Gasteiger partial charge is 0.497 e. The first-order chi connectivity index (χ1) is 11.7. The van der Waals surface area contributed by atoms with Crippen molar-refractivity contribution in [2.45, 2.75) is 6.54 Å². The number of hydrogen-bond donors (Lipinski definition) is 3. The summed E-state index contributed by atoms with van der Waals surface area (Å²) in [6.07, 6.45) is 1.70. The summed E-state index contributed by atoms with van der Waals surface area (Å²) >= 11 is 0. The van der Waals surface area contributed by atoms with Gasteiger partial charge in [0.05, 0.1) is 20.0 Å². The number of imidazole rings is 1. The van der Waals surface area contributed by atoms with Crippen LogP contribution in [0.4, 0.5) is 11.8 Å². The molecule has 0 saturated carbocycles. The Morgan fingerprint density at radius 2 is 1.96 bits per heavy atom. The summed E-state index contributed by atoms with van der Waals surface area (Å²) in [7, 11) is 3.53. The highest BCUT2D eigenvalue weighted by Gasteiger charge is 2.11. The molecule has 0 bridgehead atoms. The first-order valence-corrected chi connectivity index (χ1v) is 7.62. The average Bonchev–Trinajstić information content (AvgIpc) is 2.99. The minimum absolute atomic E-state index is 0.0153. The predicted octanol–water partition coefficient (Wildman–Crippen LogP) is 1.39. The summed E-state index contributed by atoms with van der Waals surface area (Å²) in [4.78, 5) is 13.2. The van der Waals surface area contributed by atoms with Crippen LogP contribution in [-0.4, -0.2) is 44.9 Å². The zero-order valence-corrected chi connectivity index (χ0v) is 13.7. The molecule has 3 aromatic rings. The molecular formula is C16H20N6O2. The van der Waals surface area contributed by atoms with E-state index in [4.69, 9.17) is 9.84 Å². The lowest BCUT2D eigenvalue weighted by atomic mass is 10.2. The molecule has 0 fully saturated rings. The van der Waals surface area contributed by atoms with Crippen LogP contribution >= 0.6 is 0 Å². The van der Waals surface area contributed by atoms with E-state index in [0.29, 0.717) is 30.4 Å². The molecule has 0 unspecified atom stereocenters. The maximum Gasteiger partial charge on any atom is 0.226 e. The number of nitrogens with one attached hydrogen (secondary N) is 2. The number of aromatic nitrogens is 4. The van der Waals surface area contributed by atoms with Crippen LogP contribution in [0.25, 0.3) is 11.2 Å². The highest BCUT2D eigenvalue weighted by Crippen LogP contribution is 2.21. The van der Waals surface area contributed by atoms with E-state index in [1.165, 1.54) is 0 Å². The highest BCUT2D eigenvalue weighted by atomic mass is 16.5. The molecular weight excluding hydrogens is 308 g/mol. The topological polar surface area (TPSA) is 97.1 Å². The van der Waals surface area contributed by atoms with E-state index in [1.54, 1.807) is 13.4 Å². The van der Waals surface area contributed by atoms with Gasteiger partial charge >= 0.3 is 0 Å². The minimum Gasteiger partial charge on any atom is -0.497 e. The molecule has 2 heterocycles. The van der Waals surface area contributed by atoms with E-state index in [0.717, 1.165) is 17.0 Å². The molecule has 1 aromatic carbocycles. The van der Waals surface area contributed by atoms with Gasteiger partial charge in [0.1, 0.15) is 5.75 Å². The fourth-order valence-corrected chi connectivity index (χ4v) is 2.31. The summed E-state index contributed by atoms with van der Waals surface area (Å²) in [6, 6.07) is 7.82. The standard InChI is InChI=1S/C16H20N6O2/c1-22-10-19-13-14(20-16(17-7-8-23)21-15(13)22)18-9-11-3-5-12(24-2)6-4-11/h3-6,10,23H,7-9H2,1-2H3,(H2,17,18,20,21). The molecule has 8 nitrogen and oxygen atoms in total. The van der Waals surface area contributed by atoms with Gasteiger partial charge in [-0.1, -0.05) is 12.1 Å². The number of methoxy groups -OCH3 is 1. The van der Waals surface area contributed by atoms with Gasteiger partial charge in [-0.3, -0.25) is 0 Å². The molecule has 0 aliphatic rings. The van der Waals surface area contributed by atoms with Crippen molar-refractivity contribution in [3.8, 4) is 5.75 Å². The molecule has 0 aliphatic carbocycles. The lowest BCUT2D eigenvalue weighted by molar-refractivity contribution is 0.311. The summed E-state index contributed by atoms with van der Waals surface area (Å²) < 4.78 is 7.00. The lowest BCUT2D eigenvalue weighted by Crippen LogP contribution is -2.11. The second kappa shape index (κ2) is 7.14. The maximum atomic E-state index is 8.96. The maximum absolute atomic E-state index is 8.96. The number of aryl methyl sites for hydroxylation is 1. The second-order valence-corrected chi connectivity index (χ2v) is 5.28. The Morgan fingerprint density at radius 1 is 1.17 bits per heavy atom. The van der Waals surface area contributed by atoms with Gasteiger partial charge < -0.3 is 25.0 Å². The van der Waals surface area contributed by atoms with Gasteiger partial charge in [0.25, 0.3) is 0 Å². The third-order valence-electron chi connectivity index (χ3n) is 3.57. The monoisotopic (exact) mass is 328 g/mol. The van der Waals surface area contributed by atoms with E-state index >= 15 is 0 Å². The van der Waals surface area contributed by atoms with Gasteiger partial charge in [-0.15, -0.1) is 0 Å². The molecule has 3 rings (SSSR count). The van der Waals surface area contributed by atoms with E-state index in [-0.39, 0.29) is 6.61 Å². The zero-order valence-electron chi connectivity index (χ0n) is 13.7. The Hall–Kier alpha value is -2.87. The third-order valence-corrected chi connectivity index (χ3v) is 3.57. The summed E-state index contributed by atoms with van der Waals surface area (Å²) in [5, 5.41) is 15.2. The molecule has 0 radical (unpaired) electrons. The number of aliphatic hydroxyl groups excluding tert-OH is 1. The molecule has 8 heteroatoms. The number of benzene rings is 1. The first-order valence-electron chi connectivity index (χ1n) is 7.62. The van der Waals surface area contributed by atoms with Crippen molar-refractivity contribution < 1.29 is 9.84 Å². The second-order valence-electron chi connectivity index (χ2n) is 5.28. The number of ether oxygens (including phenoxy) is 1. The molecule has 0 spiro atoms. The lowest BCUT2D eigenvalue weighted by Gasteiger charge is -2.10. The number of fused-ring (bicyclic) bond motifs is 1. The van der Waals surface area contributed by atoms with Crippen LogP contribution in [0, 0.1) is 0 Å². The Kier molecular flexibility index (Phi) is 4.76. The van der Waals surface area contributed by atoms with Crippen LogP contribution in [-0.2, 0) is 13.6 Å². The van der Waals surface area contributed by atoms with Crippen molar-refractivity contribution in [2.75, 3.05) is 30.9 Å². The minimum atomic E-state index is 0.0153. The van der Waals surface area contributed by atoms with E-state index in [1.807, 2.05) is 35.9 Å². The first kappa shape index (κ1) is 16.0. The van der Waals surface area contributed by atoms with Crippen LogP contribution in [0.2, 0.25) is 0 Å². The van der Waals surface area contributed by atoms with Gasteiger partial charge in [-0.25, -0.2) is 4.98 Å². The number of aliphatic hydroxyl groups is 1. The number of hydrogen-bond acceptors (Lipinski definition) is 7. The highest BCUT2D eigenvalue weighted by molar-refractivity contribution is 5.84.